The first-order chi connectivity index (χ1) is 19.9. The van der Waals surface area contributed by atoms with E-state index < -0.39 is 27.7 Å². The van der Waals surface area contributed by atoms with Crippen LogP contribution >= 0.6 is 0 Å². The summed E-state index contributed by atoms with van der Waals surface area (Å²) in [6.45, 7) is 3.63. The molecule has 0 aliphatic rings. The monoisotopic (exact) mass is 601 g/mol. The number of amides is 2. The summed E-state index contributed by atoms with van der Waals surface area (Å²) in [4.78, 5) is 28.8. The van der Waals surface area contributed by atoms with Crippen molar-refractivity contribution >= 4 is 27.5 Å². The van der Waals surface area contributed by atoms with E-state index in [0.717, 1.165) is 33.8 Å². The van der Waals surface area contributed by atoms with Crippen LogP contribution in [0, 0.1) is 11.6 Å². The van der Waals surface area contributed by atoms with E-state index in [-0.39, 0.29) is 55.9 Å². The van der Waals surface area contributed by atoms with Gasteiger partial charge in [0.2, 0.25) is 21.8 Å². The number of hydrogen-bond acceptors (Lipinski definition) is 5. The Bertz CT molecular complexity index is 1470. The number of rotatable bonds is 14. The van der Waals surface area contributed by atoms with E-state index in [1.165, 1.54) is 18.1 Å². The maximum absolute atomic E-state index is 13.9. The molecule has 3 aromatic carbocycles. The summed E-state index contributed by atoms with van der Waals surface area (Å²) in [6, 6.07) is 18.4. The number of sulfonamides is 1. The second-order valence-corrected chi connectivity index (χ2v) is 12.2. The fourth-order valence-corrected chi connectivity index (χ4v) is 5.50. The third-order valence-corrected chi connectivity index (χ3v) is 7.73. The maximum atomic E-state index is 13.9. The third kappa shape index (κ3) is 9.27. The highest BCUT2D eigenvalue weighted by Gasteiger charge is 2.31. The molecule has 0 radical (unpaired) electrons. The maximum Gasteiger partial charge on any atom is 0.243 e. The van der Waals surface area contributed by atoms with Gasteiger partial charge in [-0.2, -0.15) is 0 Å². The fraction of sp³-hybridized carbons (Fsp3) is 0.355. The summed E-state index contributed by atoms with van der Waals surface area (Å²) in [5.74, 6) is -2.36. The van der Waals surface area contributed by atoms with Crippen molar-refractivity contribution in [3.8, 4) is 5.75 Å². The molecular formula is C31H37F2N3O5S. The molecule has 0 aromatic heterocycles. The lowest BCUT2D eigenvalue weighted by atomic mass is 10.0. The van der Waals surface area contributed by atoms with Crippen LogP contribution in [0.4, 0.5) is 14.5 Å². The van der Waals surface area contributed by atoms with Crippen molar-refractivity contribution in [1.82, 2.24) is 10.2 Å². The number of hydrogen-bond donors (Lipinski definition) is 1. The summed E-state index contributed by atoms with van der Waals surface area (Å²) in [5.41, 5.74) is 1.57. The molecule has 1 atom stereocenters. The van der Waals surface area contributed by atoms with Crippen LogP contribution in [0.3, 0.4) is 0 Å². The van der Waals surface area contributed by atoms with E-state index in [9.17, 15) is 26.8 Å². The largest absolute Gasteiger partial charge is 0.497 e. The van der Waals surface area contributed by atoms with Gasteiger partial charge in [0, 0.05) is 38.0 Å². The normalized spacial score (nSPS) is 12.1. The van der Waals surface area contributed by atoms with Crippen LogP contribution in [0.2, 0.25) is 0 Å². The molecule has 3 rings (SSSR count). The summed E-state index contributed by atoms with van der Waals surface area (Å²) in [7, 11) is -2.33. The van der Waals surface area contributed by atoms with Gasteiger partial charge < -0.3 is 15.0 Å². The predicted octanol–water partition coefficient (Wildman–Crippen LogP) is 4.68. The van der Waals surface area contributed by atoms with Gasteiger partial charge in [-0.1, -0.05) is 42.5 Å². The Kier molecular flexibility index (Phi) is 11.4. The lowest BCUT2D eigenvalue weighted by Crippen LogP contribution is -2.51. The fourth-order valence-electron chi connectivity index (χ4n) is 4.55. The van der Waals surface area contributed by atoms with Crippen molar-refractivity contribution in [3.05, 3.63) is 95.6 Å². The highest BCUT2D eigenvalue weighted by molar-refractivity contribution is 7.92. The van der Waals surface area contributed by atoms with E-state index in [1.807, 2.05) is 50.2 Å². The number of carbonyl (C=O) groups is 2. The molecule has 0 aliphatic carbocycles. The zero-order chi connectivity index (χ0) is 30.9. The molecule has 1 N–H and O–H groups in total. The van der Waals surface area contributed by atoms with Crippen molar-refractivity contribution in [3.63, 3.8) is 0 Å². The molecule has 226 valence electrons. The topological polar surface area (TPSA) is 96.0 Å². The standard InChI is InChI=1S/C31H37F2N3O5S/c1-22(2)34-31(38)29(19-23-10-6-5-7-11-23)35(21-24-12-8-13-26(18-24)41-3)30(37)14-9-17-36(42(4,39)40)25-15-16-27(32)28(33)20-25/h5-8,10-13,15-16,18,20,22,29H,9,14,17,19,21H2,1-4H3,(H,34,38)/t29-/m0/s1. The molecule has 0 fully saturated rings. The first kappa shape index (κ1) is 32.5. The quantitative estimate of drug-likeness (QED) is 0.290. The molecule has 11 heteroatoms. The van der Waals surface area contributed by atoms with E-state index in [1.54, 1.807) is 18.2 Å². The first-order valence-electron chi connectivity index (χ1n) is 13.6. The average molecular weight is 602 g/mol. The average Bonchev–Trinajstić information content (AvgIpc) is 2.94. The lowest BCUT2D eigenvalue weighted by molar-refractivity contribution is -0.141. The number of anilines is 1. The van der Waals surface area contributed by atoms with Crippen molar-refractivity contribution in [2.24, 2.45) is 0 Å². The minimum atomic E-state index is -3.86. The molecule has 0 aliphatic heterocycles. The molecule has 0 spiro atoms. The molecule has 0 heterocycles. The molecule has 0 bridgehead atoms. The molecule has 0 saturated carbocycles. The summed E-state index contributed by atoms with van der Waals surface area (Å²) < 4.78 is 58.6. The third-order valence-electron chi connectivity index (χ3n) is 6.53. The van der Waals surface area contributed by atoms with Gasteiger partial charge in [-0.25, -0.2) is 17.2 Å². The molecule has 42 heavy (non-hydrogen) atoms. The minimum absolute atomic E-state index is 0.0460. The molecule has 2 amide bonds. The Balaban J connectivity index is 1.90. The van der Waals surface area contributed by atoms with Crippen LogP contribution in [0.1, 0.15) is 37.8 Å². The van der Waals surface area contributed by atoms with Gasteiger partial charge in [-0.05, 0) is 55.7 Å². The van der Waals surface area contributed by atoms with Crippen molar-refractivity contribution < 1.29 is 31.5 Å². The van der Waals surface area contributed by atoms with Crippen molar-refractivity contribution in [2.75, 3.05) is 24.2 Å². The molecule has 8 nitrogen and oxygen atoms in total. The van der Waals surface area contributed by atoms with E-state index >= 15 is 0 Å². The van der Waals surface area contributed by atoms with Gasteiger partial charge in [0.15, 0.2) is 11.6 Å². The SMILES string of the molecule is COc1cccc(CN(C(=O)CCCN(c2ccc(F)c(F)c2)S(C)(=O)=O)[C@@H](Cc2ccccc2)C(=O)NC(C)C)c1. The van der Waals surface area contributed by atoms with Gasteiger partial charge in [0.05, 0.1) is 19.1 Å². The van der Waals surface area contributed by atoms with E-state index in [2.05, 4.69) is 5.32 Å². The van der Waals surface area contributed by atoms with Crippen LogP contribution in [0.25, 0.3) is 0 Å². The Morgan fingerprint density at radius 2 is 1.62 bits per heavy atom. The Morgan fingerprint density at radius 3 is 2.24 bits per heavy atom. The number of benzene rings is 3. The van der Waals surface area contributed by atoms with Crippen LogP contribution in [0.5, 0.6) is 5.75 Å². The Hall–Kier alpha value is -3.99. The van der Waals surface area contributed by atoms with Crippen molar-refractivity contribution in [1.29, 1.82) is 0 Å². The number of halogens is 2. The summed E-state index contributed by atoms with van der Waals surface area (Å²) >= 11 is 0. The van der Waals surface area contributed by atoms with Crippen LogP contribution in [0.15, 0.2) is 72.8 Å². The van der Waals surface area contributed by atoms with Gasteiger partial charge in [-0.15, -0.1) is 0 Å². The Labute approximate surface area is 246 Å². The highest BCUT2D eigenvalue weighted by atomic mass is 32.2. The van der Waals surface area contributed by atoms with Crippen LogP contribution < -0.4 is 14.4 Å². The summed E-state index contributed by atoms with van der Waals surface area (Å²) in [5, 5.41) is 2.92. The summed E-state index contributed by atoms with van der Waals surface area (Å²) in [6.07, 6.45) is 1.19. The first-order valence-corrected chi connectivity index (χ1v) is 15.4. The molecule has 0 unspecified atom stereocenters. The van der Waals surface area contributed by atoms with E-state index in [0.29, 0.717) is 5.75 Å². The molecule has 3 aromatic rings. The number of ether oxygens (including phenoxy) is 1. The zero-order valence-corrected chi connectivity index (χ0v) is 25.0. The predicted molar refractivity (Wildman–Crippen MR) is 159 cm³/mol. The number of carbonyl (C=O) groups excluding carboxylic acids is 2. The molecule has 0 saturated heterocycles. The van der Waals surface area contributed by atoms with Crippen LogP contribution in [-0.2, 0) is 32.6 Å². The second-order valence-electron chi connectivity index (χ2n) is 10.3. The zero-order valence-electron chi connectivity index (χ0n) is 24.2. The van der Waals surface area contributed by atoms with E-state index in [4.69, 9.17) is 4.74 Å². The lowest BCUT2D eigenvalue weighted by Gasteiger charge is -2.32. The van der Waals surface area contributed by atoms with Crippen LogP contribution in [-0.4, -0.2) is 57.1 Å². The van der Waals surface area contributed by atoms with Crippen molar-refractivity contribution in [2.45, 2.75) is 51.7 Å². The number of nitrogens with one attached hydrogen (secondary N) is 1. The smallest absolute Gasteiger partial charge is 0.243 e. The van der Waals surface area contributed by atoms with Gasteiger partial charge >= 0.3 is 0 Å². The number of methoxy groups -OCH3 is 1. The Morgan fingerprint density at radius 1 is 0.929 bits per heavy atom. The number of nitrogens with zero attached hydrogens (tertiary/aromatic N) is 2. The second kappa shape index (κ2) is 14.8. The molecular weight excluding hydrogens is 564 g/mol. The highest BCUT2D eigenvalue weighted by Crippen LogP contribution is 2.23. The van der Waals surface area contributed by atoms with Gasteiger partial charge in [0.25, 0.3) is 0 Å². The van der Waals surface area contributed by atoms with Gasteiger partial charge in [0.1, 0.15) is 11.8 Å². The van der Waals surface area contributed by atoms with Gasteiger partial charge in [-0.3, -0.25) is 13.9 Å². The minimum Gasteiger partial charge on any atom is -0.497 e.